The smallest absolute Gasteiger partial charge is 0.138 e. The predicted molar refractivity (Wildman–Crippen MR) is 83.9 cm³/mol. The van der Waals surface area contributed by atoms with Crippen LogP contribution in [-0.4, -0.2) is 5.11 Å². The third-order valence-electron chi connectivity index (χ3n) is 3.48. The summed E-state index contributed by atoms with van der Waals surface area (Å²) in [5.74, 6) is 0.567. The van der Waals surface area contributed by atoms with E-state index in [-0.39, 0.29) is 0 Å². The van der Waals surface area contributed by atoms with Gasteiger partial charge in [0.25, 0.3) is 0 Å². The van der Waals surface area contributed by atoms with Crippen LogP contribution in [0.4, 0.5) is 0 Å². The van der Waals surface area contributed by atoms with E-state index in [2.05, 4.69) is 22.0 Å². The third kappa shape index (κ3) is 2.28. The summed E-state index contributed by atoms with van der Waals surface area (Å²) >= 11 is 3.53. The molecule has 3 aromatic rings. The largest absolute Gasteiger partial charge is 0.458 e. The number of benzene rings is 2. The first kappa shape index (κ1) is 13.4. The molecule has 3 rings (SSSR count). The minimum atomic E-state index is -0.767. The molecule has 1 N–H and O–H groups in total. The summed E-state index contributed by atoms with van der Waals surface area (Å²) in [5, 5.41) is 11.6. The van der Waals surface area contributed by atoms with Crippen LogP contribution in [-0.2, 0) is 0 Å². The van der Waals surface area contributed by atoms with Crippen molar-refractivity contribution in [2.24, 2.45) is 0 Å². The number of hydrogen-bond donors (Lipinski definition) is 1. The van der Waals surface area contributed by atoms with Gasteiger partial charge in [0, 0.05) is 15.4 Å². The summed E-state index contributed by atoms with van der Waals surface area (Å²) < 4.78 is 6.68. The molecule has 1 atom stereocenters. The summed E-state index contributed by atoms with van der Waals surface area (Å²) in [5.41, 5.74) is 3.89. The number of furan rings is 1. The molecular weight excluding hydrogens is 316 g/mol. The van der Waals surface area contributed by atoms with Crippen molar-refractivity contribution in [1.29, 1.82) is 0 Å². The molecule has 2 aromatic carbocycles. The Morgan fingerprint density at radius 1 is 1.10 bits per heavy atom. The van der Waals surface area contributed by atoms with Crippen molar-refractivity contribution in [3.8, 4) is 0 Å². The Kier molecular flexibility index (Phi) is 3.40. The molecule has 0 bridgehead atoms. The van der Waals surface area contributed by atoms with Crippen LogP contribution in [0.5, 0.6) is 0 Å². The Hall–Kier alpha value is -1.58. The molecule has 1 aromatic heterocycles. The number of aliphatic hydroxyl groups excluding tert-OH is 1. The molecule has 0 radical (unpaired) electrons. The highest BCUT2D eigenvalue weighted by atomic mass is 79.9. The van der Waals surface area contributed by atoms with Crippen LogP contribution in [0.25, 0.3) is 11.0 Å². The number of rotatable bonds is 2. The van der Waals surface area contributed by atoms with Gasteiger partial charge in [0.2, 0.25) is 0 Å². The van der Waals surface area contributed by atoms with Gasteiger partial charge in [0.1, 0.15) is 17.4 Å². The zero-order valence-electron chi connectivity index (χ0n) is 11.4. The molecule has 1 heterocycles. The monoisotopic (exact) mass is 330 g/mol. The summed E-state index contributed by atoms with van der Waals surface area (Å²) in [4.78, 5) is 0. The maximum Gasteiger partial charge on any atom is 0.138 e. The Labute approximate surface area is 126 Å². The van der Waals surface area contributed by atoms with Crippen LogP contribution < -0.4 is 0 Å². The van der Waals surface area contributed by atoms with Gasteiger partial charge in [-0.25, -0.2) is 0 Å². The van der Waals surface area contributed by atoms with Gasteiger partial charge in [-0.3, -0.25) is 0 Å². The van der Waals surface area contributed by atoms with E-state index in [9.17, 15) is 5.11 Å². The van der Waals surface area contributed by atoms with Gasteiger partial charge in [-0.05, 0) is 37.6 Å². The van der Waals surface area contributed by atoms with Crippen LogP contribution in [0.1, 0.15) is 28.6 Å². The van der Waals surface area contributed by atoms with Gasteiger partial charge < -0.3 is 9.52 Å². The minimum Gasteiger partial charge on any atom is -0.458 e. The van der Waals surface area contributed by atoms with Crippen LogP contribution in [0.2, 0.25) is 0 Å². The standard InChI is InChI=1S/C17H15BrO2/c1-10-6-7-14-12(8-10)9-15(20-14)17(19)13-5-3-4-11(2)16(13)18/h3-9,17,19H,1-2H3. The van der Waals surface area contributed by atoms with E-state index in [0.29, 0.717) is 5.76 Å². The normalized spacial score (nSPS) is 12.8. The maximum absolute atomic E-state index is 10.5. The van der Waals surface area contributed by atoms with Crippen molar-refractivity contribution in [3.63, 3.8) is 0 Å². The Bertz CT molecular complexity index is 774. The molecule has 0 saturated heterocycles. The van der Waals surface area contributed by atoms with Crippen molar-refractivity contribution in [3.05, 3.63) is 69.4 Å². The quantitative estimate of drug-likeness (QED) is 0.725. The summed E-state index contributed by atoms with van der Waals surface area (Å²) in [7, 11) is 0. The minimum absolute atomic E-state index is 0.567. The summed E-state index contributed by atoms with van der Waals surface area (Å²) in [6.45, 7) is 4.04. The van der Waals surface area contributed by atoms with E-state index in [1.54, 1.807) is 0 Å². The molecule has 0 saturated carbocycles. The fourth-order valence-corrected chi connectivity index (χ4v) is 2.83. The zero-order valence-corrected chi connectivity index (χ0v) is 12.9. The molecule has 0 fully saturated rings. The van der Waals surface area contributed by atoms with Crippen molar-refractivity contribution >= 4 is 26.9 Å². The number of hydrogen-bond acceptors (Lipinski definition) is 2. The molecule has 20 heavy (non-hydrogen) atoms. The average molecular weight is 331 g/mol. The third-order valence-corrected chi connectivity index (χ3v) is 4.56. The number of aliphatic hydroxyl groups is 1. The molecule has 0 aliphatic carbocycles. The lowest BCUT2D eigenvalue weighted by atomic mass is 10.0. The van der Waals surface area contributed by atoms with Gasteiger partial charge in [0.05, 0.1) is 0 Å². The molecule has 1 unspecified atom stereocenters. The van der Waals surface area contributed by atoms with E-state index >= 15 is 0 Å². The molecule has 3 heteroatoms. The van der Waals surface area contributed by atoms with Crippen molar-refractivity contribution < 1.29 is 9.52 Å². The zero-order chi connectivity index (χ0) is 14.3. The second-order valence-corrected chi connectivity index (χ2v) is 5.86. The SMILES string of the molecule is Cc1ccc2oc(C(O)c3cccc(C)c3Br)cc2c1. The second kappa shape index (κ2) is 5.08. The van der Waals surface area contributed by atoms with Crippen molar-refractivity contribution in [2.75, 3.05) is 0 Å². The number of halogens is 1. The van der Waals surface area contributed by atoms with Crippen LogP contribution in [0, 0.1) is 13.8 Å². The van der Waals surface area contributed by atoms with E-state index in [4.69, 9.17) is 4.42 Å². The van der Waals surface area contributed by atoms with Gasteiger partial charge in [-0.1, -0.05) is 45.8 Å². The Morgan fingerprint density at radius 2 is 1.90 bits per heavy atom. The van der Waals surface area contributed by atoms with Gasteiger partial charge in [-0.15, -0.1) is 0 Å². The Morgan fingerprint density at radius 3 is 2.70 bits per heavy atom. The lowest BCUT2D eigenvalue weighted by Crippen LogP contribution is -1.99. The summed E-state index contributed by atoms with van der Waals surface area (Å²) in [6.07, 6.45) is -0.767. The lowest BCUT2D eigenvalue weighted by molar-refractivity contribution is 0.191. The predicted octanol–water partition coefficient (Wildman–Crippen LogP) is 4.89. The highest BCUT2D eigenvalue weighted by Gasteiger charge is 2.18. The van der Waals surface area contributed by atoms with E-state index in [1.807, 2.05) is 50.2 Å². The van der Waals surface area contributed by atoms with Crippen LogP contribution >= 0.6 is 15.9 Å². The Balaban J connectivity index is 2.08. The topological polar surface area (TPSA) is 33.4 Å². The fraction of sp³-hybridized carbons (Fsp3) is 0.176. The van der Waals surface area contributed by atoms with Crippen molar-refractivity contribution in [1.82, 2.24) is 0 Å². The molecule has 2 nitrogen and oxygen atoms in total. The number of aryl methyl sites for hydroxylation is 2. The first-order valence-corrected chi connectivity index (χ1v) is 7.29. The maximum atomic E-state index is 10.5. The van der Waals surface area contributed by atoms with Gasteiger partial charge >= 0.3 is 0 Å². The molecular formula is C17H15BrO2. The molecule has 0 aliphatic rings. The second-order valence-electron chi connectivity index (χ2n) is 5.07. The fourth-order valence-electron chi connectivity index (χ4n) is 2.35. The molecule has 0 amide bonds. The number of fused-ring (bicyclic) bond motifs is 1. The van der Waals surface area contributed by atoms with Gasteiger partial charge in [-0.2, -0.15) is 0 Å². The van der Waals surface area contributed by atoms with Crippen LogP contribution in [0.15, 0.2) is 51.4 Å². The molecule has 102 valence electrons. The van der Waals surface area contributed by atoms with Gasteiger partial charge in [0.15, 0.2) is 0 Å². The summed E-state index contributed by atoms with van der Waals surface area (Å²) in [6, 6.07) is 13.7. The van der Waals surface area contributed by atoms with E-state index in [0.717, 1.165) is 26.6 Å². The lowest BCUT2D eigenvalue weighted by Gasteiger charge is -2.11. The van der Waals surface area contributed by atoms with Crippen LogP contribution in [0.3, 0.4) is 0 Å². The van der Waals surface area contributed by atoms with E-state index in [1.165, 1.54) is 5.56 Å². The highest BCUT2D eigenvalue weighted by Crippen LogP contribution is 2.33. The average Bonchev–Trinajstić information content (AvgIpc) is 2.84. The first-order valence-electron chi connectivity index (χ1n) is 6.49. The highest BCUT2D eigenvalue weighted by molar-refractivity contribution is 9.10. The van der Waals surface area contributed by atoms with Crippen molar-refractivity contribution in [2.45, 2.75) is 20.0 Å². The molecule has 0 aliphatic heterocycles. The van der Waals surface area contributed by atoms with E-state index < -0.39 is 6.10 Å². The molecule has 0 spiro atoms. The first-order chi connectivity index (χ1) is 9.56.